The molecule has 4 nitrogen and oxygen atoms in total. The molecule has 0 aromatic heterocycles. The highest BCUT2D eigenvalue weighted by atomic mass is 35.5. The molecule has 22 heavy (non-hydrogen) atoms. The third kappa shape index (κ3) is 3.39. The second kappa shape index (κ2) is 6.88. The van der Waals surface area contributed by atoms with E-state index in [0.717, 1.165) is 39.0 Å². The Labute approximate surface area is 136 Å². The number of carbonyl (C=O) groups excluding carboxylic acids is 1. The fourth-order valence-corrected chi connectivity index (χ4v) is 3.71. The maximum absolute atomic E-state index is 12.8. The summed E-state index contributed by atoms with van der Waals surface area (Å²) in [6, 6.07) is 5.02. The summed E-state index contributed by atoms with van der Waals surface area (Å²) in [5.74, 6) is 0.0521. The largest absolute Gasteiger partial charge is 0.506 e. The quantitative estimate of drug-likeness (QED) is 0.929. The number of likely N-dealkylation sites (tertiary alicyclic amines) is 2. The monoisotopic (exact) mass is 322 g/mol. The van der Waals surface area contributed by atoms with Crippen molar-refractivity contribution in [2.24, 2.45) is 0 Å². The molecule has 2 fully saturated rings. The minimum absolute atomic E-state index is 0.0190. The highest BCUT2D eigenvalue weighted by Gasteiger charge is 2.29. The lowest BCUT2D eigenvalue weighted by atomic mass is 10.00. The van der Waals surface area contributed by atoms with E-state index in [0.29, 0.717) is 11.6 Å². The van der Waals surface area contributed by atoms with Crippen LogP contribution in [-0.4, -0.2) is 53.0 Å². The van der Waals surface area contributed by atoms with Crippen molar-refractivity contribution in [3.8, 4) is 5.75 Å². The molecule has 0 saturated carbocycles. The van der Waals surface area contributed by atoms with Crippen molar-refractivity contribution in [2.75, 3.05) is 26.2 Å². The molecule has 1 atom stereocenters. The topological polar surface area (TPSA) is 43.8 Å². The van der Waals surface area contributed by atoms with E-state index in [4.69, 9.17) is 11.6 Å². The molecule has 1 aromatic carbocycles. The molecule has 0 bridgehead atoms. The van der Waals surface area contributed by atoms with Crippen LogP contribution in [0, 0.1) is 0 Å². The van der Waals surface area contributed by atoms with E-state index >= 15 is 0 Å². The zero-order valence-electron chi connectivity index (χ0n) is 12.8. The SMILES string of the molecule is O=C(c1ccc(O)c(Cl)c1)N1CCCCC1CN1CCCC1. The van der Waals surface area contributed by atoms with Gasteiger partial charge in [0.1, 0.15) is 5.75 Å². The van der Waals surface area contributed by atoms with Gasteiger partial charge in [0.25, 0.3) is 5.91 Å². The third-order valence-corrected chi connectivity index (χ3v) is 5.05. The summed E-state index contributed by atoms with van der Waals surface area (Å²) >= 11 is 5.94. The van der Waals surface area contributed by atoms with Crippen LogP contribution < -0.4 is 0 Å². The number of aromatic hydroxyl groups is 1. The van der Waals surface area contributed by atoms with E-state index in [1.165, 1.54) is 25.3 Å². The van der Waals surface area contributed by atoms with Crippen LogP contribution in [0.4, 0.5) is 0 Å². The van der Waals surface area contributed by atoms with Gasteiger partial charge in [-0.3, -0.25) is 4.79 Å². The van der Waals surface area contributed by atoms with Gasteiger partial charge in [-0.05, 0) is 63.4 Å². The Hall–Kier alpha value is -1.26. The first-order chi connectivity index (χ1) is 10.6. The zero-order chi connectivity index (χ0) is 15.5. The average molecular weight is 323 g/mol. The molecule has 3 rings (SSSR count). The van der Waals surface area contributed by atoms with Crippen LogP contribution in [0.1, 0.15) is 42.5 Å². The molecule has 0 aliphatic carbocycles. The molecular weight excluding hydrogens is 300 g/mol. The Morgan fingerprint density at radius 1 is 1.18 bits per heavy atom. The van der Waals surface area contributed by atoms with E-state index in [9.17, 15) is 9.90 Å². The molecule has 1 unspecified atom stereocenters. The maximum Gasteiger partial charge on any atom is 0.254 e. The van der Waals surface area contributed by atoms with Crippen LogP contribution in [0.2, 0.25) is 5.02 Å². The Morgan fingerprint density at radius 3 is 2.64 bits per heavy atom. The summed E-state index contributed by atoms with van der Waals surface area (Å²) < 4.78 is 0. The Balaban J connectivity index is 1.73. The van der Waals surface area contributed by atoms with Crippen LogP contribution in [0.15, 0.2) is 18.2 Å². The molecule has 1 aromatic rings. The van der Waals surface area contributed by atoms with Gasteiger partial charge in [-0.2, -0.15) is 0 Å². The lowest BCUT2D eigenvalue weighted by molar-refractivity contribution is 0.0560. The molecule has 1 N–H and O–H groups in total. The molecule has 5 heteroatoms. The number of amides is 1. The van der Waals surface area contributed by atoms with Gasteiger partial charge in [-0.15, -0.1) is 0 Å². The lowest BCUT2D eigenvalue weighted by Crippen LogP contribution is -2.49. The van der Waals surface area contributed by atoms with Crippen LogP contribution >= 0.6 is 11.6 Å². The Kier molecular flexibility index (Phi) is 4.89. The van der Waals surface area contributed by atoms with Crippen LogP contribution in [0.25, 0.3) is 0 Å². The smallest absolute Gasteiger partial charge is 0.254 e. The van der Waals surface area contributed by atoms with Gasteiger partial charge < -0.3 is 14.9 Å². The minimum atomic E-state index is 0.0190. The van der Waals surface area contributed by atoms with E-state index in [1.54, 1.807) is 12.1 Å². The normalized spacial score (nSPS) is 23.0. The fraction of sp³-hybridized carbons (Fsp3) is 0.588. The highest BCUT2D eigenvalue weighted by molar-refractivity contribution is 6.32. The minimum Gasteiger partial charge on any atom is -0.506 e. The standard InChI is InChI=1S/C17H23ClN2O2/c18-15-11-13(6-7-16(15)21)17(22)20-10-2-1-5-14(20)12-19-8-3-4-9-19/h6-7,11,14,21H,1-5,8-10,12H2. The number of rotatable bonds is 3. The molecule has 0 radical (unpaired) electrons. The first-order valence-electron chi connectivity index (χ1n) is 8.17. The van der Waals surface area contributed by atoms with Gasteiger partial charge in [0, 0.05) is 24.7 Å². The number of carbonyl (C=O) groups is 1. The van der Waals surface area contributed by atoms with Crippen molar-refractivity contribution in [3.63, 3.8) is 0 Å². The van der Waals surface area contributed by atoms with E-state index in [2.05, 4.69) is 4.90 Å². The van der Waals surface area contributed by atoms with Crippen molar-refractivity contribution >= 4 is 17.5 Å². The number of benzene rings is 1. The highest BCUT2D eigenvalue weighted by Crippen LogP contribution is 2.27. The summed E-state index contributed by atoms with van der Waals surface area (Å²) in [7, 11) is 0. The molecule has 120 valence electrons. The second-order valence-electron chi connectivity index (χ2n) is 6.32. The van der Waals surface area contributed by atoms with Crippen molar-refractivity contribution in [3.05, 3.63) is 28.8 Å². The van der Waals surface area contributed by atoms with Crippen molar-refractivity contribution in [1.82, 2.24) is 9.80 Å². The number of phenols is 1. The van der Waals surface area contributed by atoms with Gasteiger partial charge in [0.15, 0.2) is 0 Å². The molecule has 2 saturated heterocycles. The van der Waals surface area contributed by atoms with Crippen LogP contribution in [0.3, 0.4) is 0 Å². The fourth-order valence-electron chi connectivity index (χ4n) is 3.53. The van der Waals surface area contributed by atoms with Crippen molar-refractivity contribution in [1.29, 1.82) is 0 Å². The number of nitrogens with zero attached hydrogens (tertiary/aromatic N) is 2. The zero-order valence-corrected chi connectivity index (χ0v) is 13.6. The molecule has 2 heterocycles. The van der Waals surface area contributed by atoms with E-state index in [1.807, 2.05) is 4.90 Å². The lowest BCUT2D eigenvalue weighted by Gasteiger charge is -2.38. The van der Waals surface area contributed by atoms with Crippen molar-refractivity contribution in [2.45, 2.75) is 38.1 Å². The summed E-state index contributed by atoms with van der Waals surface area (Å²) in [6.45, 7) is 4.11. The number of phenolic OH excluding ortho intramolecular Hbond substituents is 1. The number of piperidine rings is 1. The van der Waals surface area contributed by atoms with Crippen LogP contribution in [-0.2, 0) is 0 Å². The number of halogens is 1. The predicted octanol–water partition coefficient (Wildman–Crippen LogP) is 3.14. The molecule has 0 spiro atoms. The summed E-state index contributed by atoms with van der Waals surface area (Å²) in [5, 5.41) is 9.75. The summed E-state index contributed by atoms with van der Waals surface area (Å²) in [4.78, 5) is 17.3. The summed E-state index contributed by atoms with van der Waals surface area (Å²) in [6.07, 6.45) is 5.88. The van der Waals surface area contributed by atoms with Gasteiger partial charge >= 0.3 is 0 Å². The first kappa shape index (κ1) is 15.6. The number of hydrogen-bond acceptors (Lipinski definition) is 3. The van der Waals surface area contributed by atoms with Gasteiger partial charge in [0.2, 0.25) is 0 Å². The average Bonchev–Trinajstić information content (AvgIpc) is 3.03. The molecule has 2 aliphatic heterocycles. The molecule has 2 aliphatic rings. The maximum atomic E-state index is 12.8. The Morgan fingerprint density at radius 2 is 1.91 bits per heavy atom. The third-order valence-electron chi connectivity index (χ3n) is 4.75. The van der Waals surface area contributed by atoms with Crippen LogP contribution in [0.5, 0.6) is 5.75 Å². The van der Waals surface area contributed by atoms with E-state index < -0.39 is 0 Å². The Bertz CT molecular complexity index is 543. The number of hydrogen-bond donors (Lipinski definition) is 1. The van der Waals surface area contributed by atoms with Crippen molar-refractivity contribution < 1.29 is 9.90 Å². The predicted molar refractivity (Wildman–Crippen MR) is 87.5 cm³/mol. The van der Waals surface area contributed by atoms with Gasteiger partial charge in [-0.1, -0.05) is 11.6 Å². The second-order valence-corrected chi connectivity index (χ2v) is 6.73. The summed E-state index contributed by atoms with van der Waals surface area (Å²) in [5.41, 5.74) is 0.566. The van der Waals surface area contributed by atoms with Gasteiger partial charge in [0.05, 0.1) is 5.02 Å². The van der Waals surface area contributed by atoms with Gasteiger partial charge in [-0.25, -0.2) is 0 Å². The molecule has 1 amide bonds. The molecular formula is C17H23ClN2O2. The van der Waals surface area contributed by atoms with E-state index in [-0.39, 0.29) is 16.7 Å². The first-order valence-corrected chi connectivity index (χ1v) is 8.55.